The van der Waals surface area contributed by atoms with Crippen LogP contribution in [0.5, 0.6) is 0 Å². The van der Waals surface area contributed by atoms with Gasteiger partial charge in [0.05, 0.1) is 9.82 Å². The first kappa shape index (κ1) is 18.4. The van der Waals surface area contributed by atoms with Crippen LogP contribution in [-0.2, 0) is 10.0 Å². The summed E-state index contributed by atoms with van der Waals surface area (Å²) in [7, 11) is -3.97. The van der Waals surface area contributed by atoms with Gasteiger partial charge in [0, 0.05) is 12.6 Å². The van der Waals surface area contributed by atoms with Gasteiger partial charge >= 0.3 is 0 Å². The molecule has 3 N–H and O–H groups in total. The van der Waals surface area contributed by atoms with Crippen molar-refractivity contribution in [2.45, 2.75) is 32.6 Å². The molecule has 124 valence electrons. The molecule has 0 saturated carbocycles. The predicted molar refractivity (Wildman–Crippen MR) is 86.1 cm³/mol. The van der Waals surface area contributed by atoms with Crippen LogP contribution >= 0.6 is 0 Å². The monoisotopic (exact) mass is 329 g/mol. The minimum absolute atomic E-state index is 0.269. The fourth-order valence-electron chi connectivity index (χ4n) is 2.46. The average Bonchev–Trinajstić information content (AvgIpc) is 2.36. The quantitative estimate of drug-likeness (QED) is 0.589. The molecule has 0 aromatic heterocycles. The number of nitrogens with two attached hydrogens (primary N) is 1. The summed E-state index contributed by atoms with van der Waals surface area (Å²) in [6.45, 7) is 8.98. The average molecular weight is 329 g/mol. The van der Waals surface area contributed by atoms with Gasteiger partial charge in [-0.1, -0.05) is 27.7 Å². The molecule has 0 aliphatic carbocycles. The molecule has 22 heavy (non-hydrogen) atoms. The fraction of sp³-hybridized carbons (Fsp3) is 0.571. The molecule has 0 radical (unpaired) electrons. The maximum atomic E-state index is 11.3. The van der Waals surface area contributed by atoms with Crippen molar-refractivity contribution in [1.82, 2.24) is 0 Å². The highest BCUT2D eigenvalue weighted by atomic mass is 32.2. The van der Waals surface area contributed by atoms with Gasteiger partial charge in [-0.15, -0.1) is 0 Å². The summed E-state index contributed by atoms with van der Waals surface area (Å²) in [6.07, 6.45) is 0. The van der Waals surface area contributed by atoms with E-state index in [0.29, 0.717) is 30.0 Å². The van der Waals surface area contributed by atoms with Gasteiger partial charge in [0.2, 0.25) is 10.0 Å². The highest BCUT2D eigenvalue weighted by molar-refractivity contribution is 7.89. The fourth-order valence-corrected chi connectivity index (χ4v) is 2.99. The molecule has 1 rings (SSSR count). The third-order valence-electron chi connectivity index (χ3n) is 3.74. The summed E-state index contributed by atoms with van der Waals surface area (Å²) in [5.74, 6) is 1.20. The van der Waals surface area contributed by atoms with E-state index in [-0.39, 0.29) is 10.6 Å². The number of hydrogen-bond donors (Lipinski definition) is 2. The normalized spacial score (nSPS) is 12.2. The van der Waals surface area contributed by atoms with Crippen LogP contribution in [-0.4, -0.2) is 19.9 Å². The lowest BCUT2D eigenvalue weighted by molar-refractivity contribution is -0.384. The van der Waals surface area contributed by atoms with Crippen molar-refractivity contribution in [3.8, 4) is 0 Å². The first-order chi connectivity index (χ1) is 10.0. The van der Waals surface area contributed by atoms with Gasteiger partial charge in [0.25, 0.3) is 5.69 Å². The zero-order valence-corrected chi connectivity index (χ0v) is 14.1. The number of nitrogens with zero attached hydrogens (tertiary/aromatic N) is 1. The second-order valence-corrected chi connectivity index (χ2v) is 7.58. The minimum atomic E-state index is -3.97. The summed E-state index contributed by atoms with van der Waals surface area (Å²) in [5, 5.41) is 19.2. The number of benzene rings is 1. The lowest BCUT2D eigenvalue weighted by Crippen LogP contribution is -2.24. The molecule has 1 aromatic rings. The third-order valence-corrected chi connectivity index (χ3v) is 4.65. The molecular weight excluding hydrogens is 306 g/mol. The summed E-state index contributed by atoms with van der Waals surface area (Å²) in [6, 6.07) is 3.64. The van der Waals surface area contributed by atoms with Crippen LogP contribution in [0.15, 0.2) is 23.1 Å². The molecule has 0 aliphatic rings. The van der Waals surface area contributed by atoms with Crippen molar-refractivity contribution in [1.29, 1.82) is 0 Å². The second-order valence-electron chi connectivity index (χ2n) is 6.01. The van der Waals surface area contributed by atoms with Gasteiger partial charge < -0.3 is 5.32 Å². The van der Waals surface area contributed by atoms with Crippen LogP contribution in [0.3, 0.4) is 0 Å². The molecule has 0 fully saturated rings. The summed E-state index contributed by atoms with van der Waals surface area (Å²) in [5.41, 5.74) is 0.00138. The van der Waals surface area contributed by atoms with Crippen LogP contribution in [0, 0.1) is 27.9 Å². The number of rotatable bonds is 7. The smallest absolute Gasteiger partial charge is 0.293 e. The molecule has 8 heteroatoms. The number of nitro groups is 1. The lowest BCUT2D eigenvalue weighted by atomic mass is 9.85. The lowest BCUT2D eigenvalue weighted by Gasteiger charge is -2.25. The molecule has 7 nitrogen and oxygen atoms in total. The zero-order chi connectivity index (χ0) is 17.1. The maximum absolute atomic E-state index is 11.3. The number of nitro benzene ring substituents is 1. The van der Waals surface area contributed by atoms with Crippen molar-refractivity contribution >= 4 is 21.4 Å². The number of sulfonamides is 1. The largest absolute Gasteiger partial charge is 0.379 e. The van der Waals surface area contributed by atoms with Gasteiger partial charge in [-0.25, -0.2) is 13.6 Å². The Hall–Kier alpha value is -1.67. The highest BCUT2D eigenvalue weighted by Gasteiger charge is 2.22. The number of primary sulfonamides is 1. The van der Waals surface area contributed by atoms with Gasteiger partial charge in [0.15, 0.2) is 0 Å². The van der Waals surface area contributed by atoms with E-state index in [2.05, 4.69) is 33.0 Å². The molecule has 1 aromatic carbocycles. The Morgan fingerprint density at radius 2 is 1.77 bits per heavy atom. The molecule has 0 aliphatic heterocycles. The summed E-state index contributed by atoms with van der Waals surface area (Å²) < 4.78 is 22.6. The molecule has 0 atom stereocenters. The van der Waals surface area contributed by atoms with E-state index < -0.39 is 14.9 Å². The minimum Gasteiger partial charge on any atom is -0.379 e. The summed E-state index contributed by atoms with van der Waals surface area (Å²) >= 11 is 0. The number of anilines is 1. The van der Waals surface area contributed by atoms with Crippen molar-refractivity contribution in [2.75, 3.05) is 11.9 Å². The third kappa shape index (κ3) is 4.67. The molecule has 0 saturated heterocycles. The van der Waals surface area contributed by atoms with E-state index in [4.69, 9.17) is 5.14 Å². The van der Waals surface area contributed by atoms with Crippen molar-refractivity contribution in [2.24, 2.45) is 22.9 Å². The van der Waals surface area contributed by atoms with E-state index in [1.54, 1.807) is 0 Å². The number of hydrogen-bond acceptors (Lipinski definition) is 5. The molecule has 0 bridgehead atoms. The molecule has 0 heterocycles. The topological polar surface area (TPSA) is 115 Å². The van der Waals surface area contributed by atoms with E-state index in [9.17, 15) is 18.5 Å². The van der Waals surface area contributed by atoms with Crippen LogP contribution in [0.4, 0.5) is 11.4 Å². The Morgan fingerprint density at radius 1 is 1.23 bits per heavy atom. The van der Waals surface area contributed by atoms with Gasteiger partial charge in [-0.05, 0) is 29.9 Å². The second kappa shape index (κ2) is 7.06. The Labute approximate surface area is 131 Å². The van der Waals surface area contributed by atoms with Gasteiger partial charge in [-0.3, -0.25) is 10.1 Å². The standard InChI is InChI=1S/C14H23N3O4S/c1-9(2)12(10(3)4)8-16-13-6-5-11(22(15,20)21)7-14(13)17(18)19/h5-7,9-10,12,16H,8H2,1-4H3,(H2,15,20,21). The van der Waals surface area contributed by atoms with Crippen LogP contribution in [0.2, 0.25) is 0 Å². The molecule has 0 unspecified atom stereocenters. The first-order valence-electron chi connectivity index (χ1n) is 7.09. The molecule has 0 spiro atoms. The summed E-state index contributed by atoms with van der Waals surface area (Å²) in [4.78, 5) is 10.3. The highest BCUT2D eigenvalue weighted by Crippen LogP contribution is 2.29. The van der Waals surface area contributed by atoms with E-state index in [1.165, 1.54) is 12.1 Å². The number of nitrogens with one attached hydrogen (secondary N) is 1. The molecular formula is C14H23N3O4S. The van der Waals surface area contributed by atoms with Crippen molar-refractivity contribution in [3.05, 3.63) is 28.3 Å². The Bertz CT molecular complexity index is 633. The Balaban J connectivity index is 3.07. The van der Waals surface area contributed by atoms with Crippen LogP contribution < -0.4 is 10.5 Å². The van der Waals surface area contributed by atoms with Crippen molar-refractivity contribution in [3.63, 3.8) is 0 Å². The van der Waals surface area contributed by atoms with Crippen molar-refractivity contribution < 1.29 is 13.3 Å². The first-order valence-corrected chi connectivity index (χ1v) is 8.63. The van der Waals surface area contributed by atoms with Gasteiger partial charge in [0.1, 0.15) is 5.69 Å². The van der Waals surface area contributed by atoms with E-state index >= 15 is 0 Å². The predicted octanol–water partition coefficient (Wildman–Crippen LogP) is 2.58. The SMILES string of the molecule is CC(C)C(CNc1ccc(S(N)(=O)=O)cc1[N+](=O)[O-])C(C)C. The van der Waals surface area contributed by atoms with Crippen LogP contribution in [0.1, 0.15) is 27.7 Å². The van der Waals surface area contributed by atoms with Crippen LogP contribution in [0.25, 0.3) is 0 Å². The maximum Gasteiger partial charge on any atom is 0.293 e. The van der Waals surface area contributed by atoms with Gasteiger partial charge in [-0.2, -0.15) is 0 Å². The van der Waals surface area contributed by atoms with E-state index in [1.807, 2.05) is 0 Å². The molecule has 0 amide bonds. The Kier molecular flexibility index (Phi) is 5.90. The van der Waals surface area contributed by atoms with E-state index in [0.717, 1.165) is 6.07 Å². The zero-order valence-electron chi connectivity index (χ0n) is 13.2. The Morgan fingerprint density at radius 3 is 2.18 bits per heavy atom.